The van der Waals surface area contributed by atoms with E-state index in [9.17, 15) is 0 Å². The summed E-state index contributed by atoms with van der Waals surface area (Å²) < 4.78 is 11.0. The zero-order valence-corrected chi connectivity index (χ0v) is 12.9. The van der Waals surface area contributed by atoms with Crippen LogP contribution in [0.4, 0.5) is 0 Å². The van der Waals surface area contributed by atoms with Crippen LogP contribution in [-0.4, -0.2) is 26.9 Å². The molecule has 0 aliphatic heterocycles. The van der Waals surface area contributed by atoms with Gasteiger partial charge in [-0.2, -0.15) is 0 Å². The molecule has 4 heteroatoms. The molecule has 0 bridgehead atoms. The summed E-state index contributed by atoms with van der Waals surface area (Å²) in [6, 6.07) is 5.93. The van der Waals surface area contributed by atoms with Gasteiger partial charge in [-0.3, -0.25) is 0 Å². The maximum atomic E-state index is 6.28. The lowest BCUT2D eigenvalue weighted by Gasteiger charge is -2.16. The minimum Gasteiger partial charge on any atom is -0.491 e. The standard InChI is InChI=1S/C16H24ClNO2/c1-19-10-9-18-11-14-7-4-8-15(17)16(14)20-12-13-5-2-3-6-13/h4,7-8,13,18H,2-3,5-6,9-12H2,1H3. The molecule has 1 N–H and O–H groups in total. The first-order chi connectivity index (χ1) is 9.81. The number of methoxy groups -OCH3 is 1. The molecule has 0 amide bonds. The highest BCUT2D eigenvalue weighted by Gasteiger charge is 2.17. The topological polar surface area (TPSA) is 30.5 Å². The molecule has 1 aliphatic carbocycles. The molecule has 1 fully saturated rings. The van der Waals surface area contributed by atoms with Crippen LogP contribution in [0.5, 0.6) is 5.75 Å². The van der Waals surface area contributed by atoms with Gasteiger partial charge in [0.1, 0.15) is 5.75 Å². The number of hydrogen-bond donors (Lipinski definition) is 1. The molecule has 0 radical (unpaired) electrons. The number of para-hydroxylation sites is 1. The monoisotopic (exact) mass is 297 g/mol. The van der Waals surface area contributed by atoms with Crippen LogP contribution in [0.1, 0.15) is 31.2 Å². The fraction of sp³-hybridized carbons (Fsp3) is 0.625. The molecule has 0 heterocycles. The Morgan fingerprint density at radius 1 is 1.30 bits per heavy atom. The Kier molecular flexibility index (Phi) is 6.64. The van der Waals surface area contributed by atoms with Gasteiger partial charge in [0.2, 0.25) is 0 Å². The van der Waals surface area contributed by atoms with E-state index in [0.717, 1.165) is 31.0 Å². The number of rotatable bonds is 8. The van der Waals surface area contributed by atoms with Crippen molar-refractivity contribution in [1.82, 2.24) is 5.32 Å². The summed E-state index contributed by atoms with van der Waals surface area (Å²) in [5, 5.41) is 4.04. The molecule has 20 heavy (non-hydrogen) atoms. The lowest BCUT2D eigenvalue weighted by molar-refractivity contribution is 0.198. The molecule has 2 rings (SSSR count). The molecule has 0 saturated heterocycles. The van der Waals surface area contributed by atoms with E-state index in [1.807, 2.05) is 12.1 Å². The van der Waals surface area contributed by atoms with Gasteiger partial charge in [0, 0.05) is 25.8 Å². The summed E-state index contributed by atoms with van der Waals surface area (Å²) in [6.07, 6.45) is 5.24. The van der Waals surface area contributed by atoms with Gasteiger partial charge >= 0.3 is 0 Å². The molecule has 112 valence electrons. The summed E-state index contributed by atoms with van der Waals surface area (Å²) in [6.45, 7) is 3.07. The first kappa shape index (κ1) is 15.6. The average Bonchev–Trinajstić information content (AvgIpc) is 2.96. The first-order valence-corrected chi connectivity index (χ1v) is 7.79. The minimum absolute atomic E-state index is 0.695. The van der Waals surface area contributed by atoms with Crippen molar-refractivity contribution in [2.75, 3.05) is 26.9 Å². The largest absolute Gasteiger partial charge is 0.491 e. The quantitative estimate of drug-likeness (QED) is 0.743. The molecular weight excluding hydrogens is 274 g/mol. The van der Waals surface area contributed by atoms with Crippen LogP contribution < -0.4 is 10.1 Å². The molecule has 1 saturated carbocycles. The van der Waals surface area contributed by atoms with Gasteiger partial charge in [-0.1, -0.05) is 36.6 Å². The summed E-state index contributed by atoms with van der Waals surface area (Å²) in [7, 11) is 1.71. The van der Waals surface area contributed by atoms with Crippen molar-refractivity contribution in [2.45, 2.75) is 32.2 Å². The zero-order chi connectivity index (χ0) is 14.2. The normalized spacial score (nSPS) is 15.7. The molecule has 0 atom stereocenters. The predicted octanol–water partition coefficient (Wildman–Crippen LogP) is 3.65. The fourth-order valence-corrected chi connectivity index (χ4v) is 2.88. The molecule has 1 aromatic carbocycles. The zero-order valence-electron chi connectivity index (χ0n) is 12.2. The van der Waals surface area contributed by atoms with Crippen LogP contribution in [0.3, 0.4) is 0 Å². The molecular formula is C16H24ClNO2. The Balaban J connectivity index is 1.90. The minimum atomic E-state index is 0.695. The number of nitrogens with one attached hydrogen (secondary N) is 1. The summed E-state index contributed by atoms with van der Waals surface area (Å²) in [5.74, 6) is 1.53. The number of ether oxygens (including phenoxy) is 2. The fourth-order valence-electron chi connectivity index (χ4n) is 2.63. The van der Waals surface area contributed by atoms with Gasteiger partial charge in [-0.25, -0.2) is 0 Å². The highest BCUT2D eigenvalue weighted by Crippen LogP contribution is 2.31. The Morgan fingerprint density at radius 2 is 2.10 bits per heavy atom. The second-order valence-electron chi connectivity index (χ2n) is 5.36. The Morgan fingerprint density at radius 3 is 2.85 bits per heavy atom. The van der Waals surface area contributed by atoms with Crippen LogP contribution in [0.25, 0.3) is 0 Å². The number of halogens is 1. The molecule has 3 nitrogen and oxygen atoms in total. The third-order valence-corrected chi connectivity index (χ3v) is 4.08. The third-order valence-electron chi connectivity index (χ3n) is 3.79. The van der Waals surface area contributed by atoms with E-state index in [-0.39, 0.29) is 0 Å². The van der Waals surface area contributed by atoms with Crippen molar-refractivity contribution in [3.63, 3.8) is 0 Å². The lowest BCUT2D eigenvalue weighted by atomic mass is 10.1. The van der Waals surface area contributed by atoms with Gasteiger partial charge in [0.25, 0.3) is 0 Å². The van der Waals surface area contributed by atoms with Crippen LogP contribution >= 0.6 is 11.6 Å². The van der Waals surface area contributed by atoms with E-state index in [2.05, 4.69) is 11.4 Å². The smallest absolute Gasteiger partial charge is 0.142 e. The Hall–Kier alpha value is -0.770. The SMILES string of the molecule is COCCNCc1cccc(Cl)c1OCC1CCCC1. The Labute approximate surface area is 126 Å². The van der Waals surface area contributed by atoms with Crippen LogP contribution in [0.15, 0.2) is 18.2 Å². The molecule has 0 spiro atoms. The van der Waals surface area contributed by atoms with Crippen molar-refractivity contribution in [2.24, 2.45) is 5.92 Å². The van der Waals surface area contributed by atoms with Gasteiger partial charge in [0.15, 0.2) is 0 Å². The van der Waals surface area contributed by atoms with Crippen molar-refractivity contribution >= 4 is 11.6 Å². The highest BCUT2D eigenvalue weighted by molar-refractivity contribution is 6.32. The van der Waals surface area contributed by atoms with Crippen molar-refractivity contribution in [3.8, 4) is 5.75 Å². The summed E-state index contributed by atoms with van der Waals surface area (Å²) >= 11 is 6.28. The second kappa shape index (κ2) is 8.50. The van der Waals surface area contributed by atoms with Crippen molar-refractivity contribution in [1.29, 1.82) is 0 Å². The van der Waals surface area contributed by atoms with Crippen LogP contribution in [0, 0.1) is 5.92 Å². The third kappa shape index (κ3) is 4.65. The van der Waals surface area contributed by atoms with Gasteiger partial charge < -0.3 is 14.8 Å². The summed E-state index contributed by atoms with van der Waals surface area (Å²) in [4.78, 5) is 0. The van der Waals surface area contributed by atoms with E-state index in [1.54, 1.807) is 7.11 Å². The molecule has 1 aromatic rings. The second-order valence-corrected chi connectivity index (χ2v) is 5.77. The van der Waals surface area contributed by atoms with E-state index in [0.29, 0.717) is 17.5 Å². The number of benzene rings is 1. The molecule has 0 aromatic heterocycles. The van der Waals surface area contributed by atoms with E-state index in [1.165, 1.54) is 25.7 Å². The molecule has 1 aliphatic rings. The van der Waals surface area contributed by atoms with Crippen molar-refractivity contribution < 1.29 is 9.47 Å². The maximum Gasteiger partial charge on any atom is 0.142 e. The first-order valence-electron chi connectivity index (χ1n) is 7.41. The van der Waals surface area contributed by atoms with E-state index < -0.39 is 0 Å². The predicted molar refractivity (Wildman–Crippen MR) is 82.5 cm³/mol. The number of hydrogen-bond acceptors (Lipinski definition) is 3. The summed E-state index contributed by atoms with van der Waals surface area (Å²) in [5.41, 5.74) is 1.12. The Bertz CT molecular complexity index is 405. The van der Waals surface area contributed by atoms with E-state index in [4.69, 9.17) is 21.1 Å². The lowest BCUT2D eigenvalue weighted by Crippen LogP contribution is -2.19. The molecule has 0 unspecified atom stereocenters. The maximum absolute atomic E-state index is 6.28. The van der Waals surface area contributed by atoms with Gasteiger partial charge in [0.05, 0.1) is 18.2 Å². The van der Waals surface area contributed by atoms with Crippen LogP contribution in [0.2, 0.25) is 5.02 Å². The van der Waals surface area contributed by atoms with Gasteiger partial charge in [-0.15, -0.1) is 0 Å². The van der Waals surface area contributed by atoms with Gasteiger partial charge in [-0.05, 0) is 24.8 Å². The average molecular weight is 298 g/mol. The van der Waals surface area contributed by atoms with Crippen LogP contribution in [-0.2, 0) is 11.3 Å². The van der Waals surface area contributed by atoms with E-state index >= 15 is 0 Å². The highest BCUT2D eigenvalue weighted by atomic mass is 35.5. The van der Waals surface area contributed by atoms with Crippen molar-refractivity contribution in [3.05, 3.63) is 28.8 Å².